The number of amides is 1. The van der Waals surface area contributed by atoms with E-state index in [1.54, 1.807) is 0 Å². The van der Waals surface area contributed by atoms with Gasteiger partial charge >= 0.3 is 12.1 Å². The van der Waals surface area contributed by atoms with Crippen LogP contribution in [0.15, 0.2) is 24.7 Å². The minimum atomic E-state index is -5.08. The van der Waals surface area contributed by atoms with Crippen LogP contribution in [-0.4, -0.2) is 70.5 Å². The topological polar surface area (TPSA) is 133 Å². The zero-order valence-electron chi connectivity index (χ0n) is 18.8. The first-order chi connectivity index (χ1) is 16.7. The zero-order valence-corrected chi connectivity index (χ0v) is 18.8. The summed E-state index contributed by atoms with van der Waals surface area (Å²) in [7, 11) is 0. The number of nitrogens with one attached hydrogen (secondary N) is 1. The first-order valence-corrected chi connectivity index (χ1v) is 11.0. The van der Waals surface area contributed by atoms with Crippen molar-refractivity contribution in [1.29, 1.82) is 5.26 Å². The van der Waals surface area contributed by atoms with E-state index >= 15 is 0 Å². The van der Waals surface area contributed by atoms with Gasteiger partial charge in [0.15, 0.2) is 0 Å². The molecule has 2 fully saturated rings. The Labute approximate surface area is 199 Å². The number of carbonyl (C=O) groups is 2. The lowest BCUT2D eigenvalue weighted by molar-refractivity contribution is -0.192. The summed E-state index contributed by atoms with van der Waals surface area (Å²) >= 11 is 0. The van der Waals surface area contributed by atoms with Crippen molar-refractivity contribution >= 4 is 17.8 Å². The molecular formula is C22H25F3N6O4. The minimum Gasteiger partial charge on any atom is -0.475 e. The van der Waals surface area contributed by atoms with Gasteiger partial charge in [0, 0.05) is 55.9 Å². The quantitative estimate of drug-likeness (QED) is 0.561. The van der Waals surface area contributed by atoms with E-state index in [0.717, 1.165) is 30.8 Å². The number of nitrogens with zero attached hydrogens (tertiary/aromatic N) is 5. The van der Waals surface area contributed by atoms with Gasteiger partial charge in [-0.1, -0.05) is 0 Å². The fraction of sp³-hybridized carbons (Fsp3) is 0.500. The highest BCUT2D eigenvalue weighted by molar-refractivity contribution is 5.94. The number of carboxylic acid groups (broad SMARTS) is 1. The molecule has 1 aliphatic heterocycles. The SMILES string of the molecule is N#CCCNC(=O)c1cc(-c2cnc(N3CCOCC3)nc2)cn1CC1CC1.O=C(O)C(F)(F)F. The van der Waals surface area contributed by atoms with E-state index < -0.39 is 12.1 Å². The van der Waals surface area contributed by atoms with Gasteiger partial charge in [0.25, 0.3) is 5.91 Å². The van der Waals surface area contributed by atoms with Crippen molar-refractivity contribution in [2.24, 2.45) is 5.92 Å². The van der Waals surface area contributed by atoms with Gasteiger partial charge in [0.05, 0.1) is 25.7 Å². The van der Waals surface area contributed by atoms with Crippen LogP contribution in [0, 0.1) is 17.2 Å². The van der Waals surface area contributed by atoms with Gasteiger partial charge in [-0.2, -0.15) is 18.4 Å². The maximum Gasteiger partial charge on any atom is 0.490 e. The number of halogens is 3. The van der Waals surface area contributed by atoms with Crippen molar-refractivity contribution in [2.45, 2.75) is 32.0 Å². The summed E-state index contributed by atoms with van der Waals surface area (Å²) in [5.41, 5.74) is 2.44. The highest BCUT2D eigenvalue weighted by atomic mass is 19.4. The number of hydrogen-bond acceptors (Lipinski definition) is 7. The number of rotatable bonds is 7. The molecule has 4 rings (SSSR count). The molecule has 188 valence electrons. The lowest BCUT2D eigenvalue weighted by Gasteiger charge is -2.26. The molecule has 2 aromatic heterocycles. The molecule has 1 saturated carbocycles. The molecule has 13 heteroatoms. The third kappa shape index (κ3) is 7.68. The summed E-state index contributed by atoms with van der Waals surface area (Å²) < 4.78 is 39.1. The molecule has 2 aromatic rings. The number of anilines is 1. The molecule has 0 spiro atoms. The Morgan fingerprint density at radius 3 is 2.37 bits per heavy atom. The van der Waals surface area contributed by atoms with Crippen LogP contribution in [-0.2, 0) is 16.1 Å². The Kier molecular flexibility index (Phi) is 8.64. The molecule has 0 unspecified atom stereocenters. The van der Waals surface area contributed by atoms with Crippen LogP contribution >= 0.6 is 0 Å². The maximum atomic E-state index is 12.6. The predicted molar refractivity (Wildman–Crippen MR) is 117 cm³/mol. The van der Waals surface area contributed by atoms with Crippen molar-refractivity contribution in [3.8, 4) is 17.2 Å². The fourth-order valence-corrected chi connectivity index (χ4v) is 3.31. The van der Waals surface area contributed by atoms with Gasteiger partial charge in [-0.15, -0.1) is 0 Å². The Balaban J connectivity index is 0.000000429. The Morgan fingerprint density at radius 1 is 1.20 bits per heavy atom. The van der Waals surface area contributed by atoms with E-state index in [4.69, 9.17) is 19.9 Å². The van der Waals surface area contributed by atoms with Crippen LogP contribution in [0.1, 0.15) is 29.8 Å². The van der Waals surface area contributed by atoms with Crippen molar-refractivity contribution in [2.75, 3.05) is 37.7 Å². The molecule has 0 bridgehead atoms. The van der Waals surface area contributed by atoms with E-state index in [9.17, 15) is 18.0 Å². The molecule has 0 atom stereocenters. The van der Waals surface area contributed by atoms with E-state index in [2.05, 4.69) is 20.2 Å². The van der Waals surface area contributed by atoms with Gasteiger partial charge in [-0.3, -0.25) is 4.79 Å². The molecule has 2 N–H and O–H groups in total. The average molecular weight is 494 g/mol. The first-order valence-electron chi connectivity index (χ1n) is 11.0. The lowest BCUT2D eigenvalue weighted by Crippen LogP contribution is -2.37. The smallest absolute Gasteiger partial charge is 0.475 e. The molecule has 2 aliphatic rings. The van der Waals surface area contributed by atoms with Gasteiger partial charge < -0.3 is 24.6 Å². The number of carboxylic acids is 1. The highest BCUT2D eigenvalue weighted by Crippen LogP contribution is 2.32. The third-order valence-electron chi connectivity index (χ3n) is 5.31. The van der Waals surface area contributed by atoms with E-state index in [1.807, 2.05) is 35.3 Å². The van der Waals surface area contributed by atoms with Gasteiger partial charge in [-0.25, -0.2) is 14.8 Å². The molecule has 1 amide bonds. The standard InChI is InChI=1S/C20H24N6O2.C2HF3O2/c21-4-1-5-22-19(27)18-10-16(14-26(18)13-15-2-3-15)17-11-23-20(24-12-17)25-6-8-28-9-7-25;3-2(4,5)1(6)7/h10-12,14-15H,1-3,5-9,13H2,(H,22,27);(H,6,7). The van der Waals surface area contributed by atoms with Crippen LogP contribution in [0.3, 0.4) is 0 Å². The number of ether oxygens (including phenoxy) is 1. The maximum absolute atomic E-state index is 12.6. The van der Waals surface area contributed by atoms with Crippen LogP contribution in [0.5, 0.6) is 0 Å². The molecule has 0 aromatic carbocycles. The second-order valence-electron chi connectivity index (χ2n) is 8.05. The van der Waals surface area contributed by atoms with Crippen molar-refractivity contribution in [3.63, 3.8) is 0 Å². The number of nitriles is 1. The lowest BCUT2D eigenvalue weighted by atomic mass is 10.2. The second kappa shape index (κ2) is 11.7. The van der Waals surface area contributed by atoms with Gasteiger partial charge in [0.2, 0.25) is 5.95 Å². The van der Waals surface area contributed by atoms with Gasteiger partial charge in [0.1, 0.15) is 5.69 Å². The van der Waals surface area contributed by atoms with Crippen molar-refractivity contribution < 1.29 is 32.6 Å². The van der Waals surface area contributed by atoms with E-state index in [1.165, 1.54) is 12.8 Å². The molecule has 10 nitrogen and oxygen atoms in total. The second-order valence-corrected chi connectivity index (χ2v) is 8.05. The highest BCUT2D eigenvalue weighted by Gasteiger charge is 2.38. The molecule has 35 heavy (non-hydrogen) atoms. The summed E-state index contributed by atoms with van der Waals surface area (Å²) in [4.78, 5) is 32.6. The Hall–Kier alpha value is -3.66. The number of hydrogen-bond donors (Lipinski definition) is 2. The van der Waals surface area contributed by atoms with Crippen molar-refractivity contribution in [1.82, 2.24) is 19.9 Å². The van der Waals surface area contributed by atoms with Crippen LogP contribution in [0.4, 0.5) is 19.1 Å². The molecule has 1 aliphatic carbocycles. The van der Waals surface area contributed by atoms with Gasteiger partial charge in [-0.05, 0) is 24.8 Å². The predicted octanol–water partition coefficient (Wildman–Crippen LogP) is 2.47. The summed E-state index contributed by atoms with van der Waals surface area (Å²) in [6.45, 7) is 4.18. The number of aliphatic carboxylic acids is 1. The first kappa shape index (κ1) is 26.0. The molecular weight excluding hydrogens is 469 g/mol. The summed E-state index contributed by atoms with van der Waals surface area (Å²) in [5.74, 6) is -1.55. The fourth-order valence-electron chi connectivity index (χ4n) is 3.31. The number of morpholine rings is 1. The Bertz CT molecular complexity index is 1050. The van der Waals surface area contributed by atoms with Crippen LogP contribution in [0.2, 0.25) is 0 Å². The molecule has 3 heterocycles. The molecule has 1 saturated heterocycles. The summed E-state index contributed by atoms with van der Waals surface area (Å²) in [5, 5.41) is 18.6. The average Bonchev–Trinajstić information content (AvgIpc) is 3.56. The zero-order chi connectivity index (χ0) is 25.4. The van der Waals surface area contributed by atoms with E-state index in [-0.39, 0.29) is 5.91 Å². The normalized spacial score (nSPS) is 15.5. The number of alkyl halides is 3. The van der Waals surface area contributed by atoms with Crippen LogP contribution < -0.4 is 10.2 Å². The molecule has 0 radical (unpaired) electrons. The van der Waals surface area contributed by atoms with E-state index in [0.29, 0.717) is 43.7 Å². The van der Waals surface area contributed by atoms with Crippen molar-refractivity contribution in [3.05, 3.63) is 30.4 Å². The minimum absolute atomic E-state index is 0.145. The third-order valence-corrected chi connectivity index (χ3v) is 5.31. The summed E-state index contributed by atoms with van der Waals surface area (Å²) in [6.07, 6.45) is 3.27. The Morgan fingerprint density at radius 2 is 1.83 bits per heavy atom. The monoisotopic (exact) mass is 494 g/mol. The summed E-state index contributed by atoms with van der Waals surface area (Å²) in [6, 6.07) is 3.93. The number of carbonyl (C=O) groups excluding carboxylic acids is 1. The van der Waals surface area contributed by atoms with Crippen LogP contribution in [0.25, 0.3) is 11.1 Å². The largest absolute Gasteiger partial charge is 0.490 e. The number of aromatic nitrogens is 3.